The summed E-state index contributed by atoms with van der Waals surface area (Å²) in [7, 11) is -12.9. The summed E-state index contributed by atoms with van der Waals surface area (Å²) in [4.78, 5) is -0.457. The fourth-order valence-corrected chi connectivity index (χ4v) is 7.19. The maximum absolute atomic E-state index is 10.5. The molecular formula is C18H12GaI3O9S3. The number of rotatable bonds is 3. The molecule has 0 saturated carbocycles. The van der Waals surface area contributed by atoms with Gasteiger partial charge in [-0.05, 0) is 104 Å². The monoisotopic (exact) mass is 918 g/mol. The van der Waals surface area contributed by atoms with E-state index in [2.05, 4.69) is 0 Å². The molecule has 3 rings (SSSR count). The average molecular weight is 919 g/mol. The Kier molecular flexibility index (Phi) is 14.9. The van der Waals surface area contributed by atoms with E-state index in [-0.39, 0.29) is 34.5 Å². The summed E-state index contributed by atoms with van der Waals surface area (Å²) in [5, 5.41) is 0. The van der Waals surface area contributed by atoms with Crippen molar-refractivity contribution in [3.05, 3.63) is 83.5 Å². The molecule has 0 aliphatic heterocycles. The molecule has 0 aliphatic rings. The minimum atomic E-state index is -4.29. The van der Waals surface area contributed by atoms with Gasteiger partial charge in [0.25, 0.3) is 0 Å². The van der Waals surface area contributed by atoms with Crippen LogP contribution in [-0.4, -0.2) is 58.7 Å². The van der Waals surface area contributed by atoms with Crippen molar-refractivity contribution in [1.82, 2.24) is 0 Å². The van der Waals surface area contributed by atoms with Crippen LogP contribution in [-0.2, 0) is 30.4 Å². The first-order valence-corrected chi connectivity index (χ1v) is 15.6. The Labute approximate surface area is 251 Å². The van der Waals surface area contributed by atoms with Crippen molar-refractivity contribution in [2.45, 2.75) is 14.7 Å². The van der Waals surface area contributed by atoms with Crippen molar-refractivity contribution in [1.29, 1.82) is 0 Å². The van der Waals surface area contributed by atoms with Gasteiger partial charge in [-0.2, -0.15) is 0 Å². The van der Waals surface area contributed by atoms with Crippen LogP contribution in [0.3, 0.4) is 0 Å². The van der Waals surface area contributed by atoms with E-state index in [0.717, 1.165) is 0 Å². The van der Waals surface area contributed by atoms with E-state index >= 15 is 0 Å². The molecule has 0 aliphatic carbocycles. The molecule has 0 atom stereocenters. The second-order valence-corrected chi connectivity index (χ2v) is 13.2. The third-order valence-electron chi connectivity index (χ3n) is 3.32. The van der Waals surface area contributed by atoms with Crippen LogP contribution in [0, 0.1) is 10.7 Å². The van der Waals surface area contributed by atoms with Gasteiger partial charge >= 0.3 is 19.8 Å². The predicted octanol–water partition coefficient (Wildman–Crippen LogP) is 3.21. The fourth-order valence-electron chi connectivity index (χ4n) is 1.94. The topological polar surface area (TPSA) is 172 Å². The molecule has 34 heavy (non-hydrogen) atoms. The summed E-state index contributed by atoms with van der Waals surface area (Å²) in [6.45, 7) is 0. The first kappa shape index (κ1) is 34.2. The van der Waals surface area contributed by atoms with E-state index in [1.165, 1.54) is 36.4 Å². The number of hydrogen-bond donors (Lipinski definition) is 0. The molecule has 16 heteroatoms. The molecule has 9 nitrogen and oxygen atoms in total. The van der Waals surface area contributed by atoms with Gasteiger partial charge in [0.1, 0.15) is 30.4 Å². The third-order valence-corrected chi connectivity index (χ3v) is 9.92. The molecule has 0 N–H and O–H groups in total. The van der Waals surface area contributed by atoms with E-state index in [1.807, 2.05) is 0 Å². The van der Waals surface area contributed by atoms with Crippen molar-refractivity contribution in [2.24, 2.45) is 0 Å². The summed E-state index contributed by atoms with van der Waals surface area (Å²) < 4.78 is 95.8. The molecule has 0 unspecified atom stereocenters. The van der Waals surface area contributed by atoms with Crippen LogP contribution in [0.2, 0.25) is 0 Å². The molecule has 3 aromatic carbocycles. The second kappa shape index (κ2) is 14.8. The van der Waals surface area contributed by atoms with E-state index in [1.54, 1.807) is 104 Å². The van der Waals surface area contributed by atoms with Crippen LogP contribution >= 0.6 is 67.8 Å². The smallest absolute Gasteiger partial charge is 0.744 e. The van der Waals surface area contributed by atoms with Crippen molar-refractivity contribution >= 4 is 118 Å². The normalized spacial score (nSPS) is 11.1. The van der Waals surface area contributed by atoms with Crippen molar-refractivity contribution < 1.29 is 38.9 Å². The zero-order valence-electron chi connectivity index (χ0n) is 16.5. The van der Waals surface area contributed by atoms with Gasteiger partial charge in [-0.1, -0.05) is 36.4 Å². The van der Waals surface area contributed by atoms with Gasteiger partial charge in [-0.15, -0.1) is 0 Å². The van der Waals surface area contributed by atoms with Crippen LogP contribution in [0.25, 0.3) is 0 Å². The predicted molar refractivity (Wildman–Crippen MR) is 147 cm³/mol. The summed E-state index contributed by atoms with van der Waals surface area (Å²) in [6.07, 6.45) is 0. The van der Waals surface area contributed by atoms with E-state index in [0.29, 0.717) is 10.7 Å². The van der Waals surface area contributed by atoms with E-state index < -0.39 is 30.4 Å². The average Bonchev–Trinajstić information content (AvgIpc) is 2.67. The Morgan fingerprint density at radius 1 is 0.441 bits per heavy atom. The number of benzene rings is 3. The molecule has 3 aromatic rings. The van der Waals surface area contributed by atoms with Crippen LogP contribution in [0.5, 0.6) is 0 Å². The Bertz CT molecular complexity index is 1250. The third kappa shape index (κ3) is 12.0. The Hall–Kier alpha value is 0.216. The van der Waals surface area contributed by atoms with Crippen LogP contribution < -0.4 is 0 Å². The summed E-state index contributed by atoms with van der Waals surface area (Å²) in [5.74, 6) is 0. The Balaban J connectivity index is 0.000000473. The number of halogens is 3. The fraction of sp³-hybridized carbons (Fsp3) is 0. The van der Waals surface area contributed by atoms with Gasteiger partial charge in [-0.3, -0.25) is 0 Å². The van der Waals surface area contributed by atoms with Crippen LogP contribution in [0.1, 0.15) is 0 Å². The minimum Gasteiger partial charge on any atom is -0.744 e. The second-order valence-electron chi connectivity index (χ2n) is 5.65. The zero-order valence-corrected chi connectivity index (χ0v) is 27.9. The molecule has 0 spiro atoms. The van der Waals surface area contributed by atoms with Gasteiger partial charge in [0.2, 0.25) is 0 Å². The number of hydrogen-bond acceptors (Lipinski definition) is 9. The molecule has 180 valence electrons. The van der Waals surface area contributed by atoms with Gasteiger partial charge in [0, 0.05) is 10.7 Å². The first-order chi connectivity index (χ1) is 15.0. The van der Waals surface area contributed by atoms with Crippen molar-refractivity contribution in [3.63, 3.8) is 0 Å². The molecule has 0 amide bonds. The summed E-state index contributed by atoms with van der Waals surface area (Å²) in [5.41, 5.74) is 0. The van der Waals surface area contributed by atoms with Gasteiger partial charge < -0.3 is 13.7 Å². The Morgan fingerprint density at radius 2 is 0.618 bits per heavy atom. The molecule has 0 fully saturated rings. The van der Waals surface area contributed by atoms with Crippen molar-refractivity contribution in [2.75, 3.05) is 0 Å². The standard InChI is InChI=1S/3C6H5IO3S.Ga/c3*7-5-3-1-2-4-6(5)11(8,9)10;/h3*1-4H,(H,8,9,10);/q;;;+3/p-3. The molecule has 0 bridgehead atoms. The molecule has 0 radical (unpaired) electrons. The molecule has 0 heterocycles. The SMILES string of the molecule is O=S(=O)([O-])c1ccccc1I.O=S(=O)([O-])c1ccccc1I.O=S(=O)([O-])c1ccccc1I.[Ga+3]. The molecule has 0 saturated heterocycles. The van der Waals surface area contributed by atoms with Gasteiger partial charge in [0.15, 0.2) is 0 Å². The molecule has 0 aromatic heterocycles. The largest absolute Gasteiger partial charge is 3.00 e. The summed E-state index contributed by atoms with van der Waals surface area (Å²) in [6, 6.07) is 18.2. The van der Waals surface area contributed by atoms with Gasteiger partial charge in [-0.25, -0.2) is 25.3 Å². The zero-order chi connectivity index (χ0) is 25.4. The van der Waals surface area contributed by atoms with Gasteiger partial charge in [0.05, 0.1) is 14.7 Å². The maximum atomic E-state index is 10.5. The van der Waals surface area contributed by atoms with Crippen LogP contribution in [0.4, 0.5) is 0 Å². The summed E-state index contributed by atoms with van der Waals surface area (Å²) >= 11 is 5.42. The van der Waals surface area contributed by atoms with E-state index in [4.69, 9.17) is 0 Å². The maximum Gasteiger partial charge on any atom is 3.00 e. The van der Waals surface area contributed by atoms with E-state index in [9.17, 15) is 38.9 Å². The van der Waals surface area contributed by atoms with Crippen molar-refractivity contribution in [3.8, 4) is 0 Å². The Morgan fingerprint density at radius 3 is 0.735 bits per heavy atom. The quantitative estimate of drug-likeness (QED) is 0.218. The minimum absolute atomic E-state index is 0. The first-order valence-electron chi connectivity index (χ1n) is 8.16. The molecular weight excluding hydrogens is 907 g/mol. The van der Waals surface area contributed by atoms with Crippen LogP contribution in [0.15, 0.2) is 87.5 Å².